The van der Waals surface area contributed by atoms with Crippen molar-refractivity contribution in [2.45, 2.75) is 96.4 Å². The molecule has 3 saturated carbocycles. The van der Waals surface area contributed by atoms with E-state index in [-0.39, 0.29) is 13.0 Å². The lowest BCUT2D eigenvalue weighted by atomic mass is 9.92. The highest BCUT2D eigenvalue weighted by Crippen LogP contribution is 2.57. The van der Waals surface area contributed by atoms with Crippen LogP contribution in [0.1, 0.15) is 85.3 Å². The van der Waals surface area contributed by atoms with Gasteiger partial charge in [0, 0.05) is 6.42 Å². The van der Waals surface area contributed by atoms with Crippen molar-refractivity contribution in [3.05, 3.63) is 190 Å². The molecule has 6 aromatic carbocycles. The van der Waals surface area contributed by atoms with Gasteiger partial charge in [0.05, 0.1) is 59.3 Å². The van der Waals surface area contributed by atoms with Gasteiger partial charge in [0.1, 0.15) is 46.3 Å². The predicted octanol–water partition coefficient (Wildman–Crippen LogP) is 9.50. The van der Waals surface area contributed by atoms with Crippen LogP contribution in [0, 0.1) is 30.1 Å². The molecule has 0 spiro atoms. The molecule has 19 nitrogen and oxygen atoms in total. The molecule has 3 aliphatic rings. The summed E-state index contributed by atoms with van der Waals surface area (Å²) in [7, 11) is 1.29. The number of hydrogen-bond donors (Lipinski definition) is 6. The van der Waals surface area contributed by atoms with Gasteiger partial charge in [-0.05, 0) is 137 Å². The zero-order valence-electron chi connectivity index (χ0n) is 48.1. The molecule has 3 fully saturated rings. The molecule has 0 aliphatic heterocycles. The van der Waals surface area contributed by atoms with Gasteiger partial charge < -0.3 is 28.8 Å². The van der Waals surface area contributed by atoms with Crippen LogP contribution in [0.5, 0.6) is 17.2 Å². The topological polar surface area (TPSA) is 267 Å². The van der Waals surface area contributed by atoms with Crippen molar-refractivity contribution >= 4 is 57.2 Å². The number of aliphatic carboxylic acids is 1. The first-order valence-electron chi connectivity index (χ1n) is 27.8. The summed E-state index contributed by atoms with van der Waals surface area (Å²) in [6.07, 6.45) is 2.02. The van der Waals surface area contributed by atoms with Crippen LogP contribution in [0.3, 0.4) is 0 Å². The van der Waals surface area contributed by atoms with Gasteiger partial charge in [0.25, 0.3) is 0 Å². The molecule has 0 unspecified atom stereocenters. The lowest BCUT2D eigenvalue weighted by Crippen LogP contribution is -2.37. The quantitative estimate of drug-likeness (QED) is 0.0210. The Kier molecular flexibility index (Phi) is 20.1. The molecule has 1 heterocycles. The SMILES string of the molecule is CC(C)(C)ONC(=O)[C@@H]1C[C@]1(C(=O)O)c1ccc(OCc2ccccc2)cc1.CCOC(=O)[C@@]1(Cc2ccc(OCc3nc4ccccc4s3)cc2)C[C@@H]1C(=O)NO.COC(=O)[C@]1(c2cccc(OCCc3cccc(C)c3)c2)C[C@H]1C(=O)NO. The number of hydrogen-bond acceptors (Lipinski definition) is 16. The molecule has 20 heteroatoms. The monoisotopic (exact) mass is 1180 g/mol. The normalized spacial score (nSPS) is 20.5. The van der Waals surface area contributed by atoms with Crippen LogP contribution in [0.4, 0.5) is 0 Å². The van der Waals surface area contributed by atoms with E-state index in [0.717, 1.165) is 32.8 Å². The Morgan fingerprint density at radius 3 is 1.89 bits per heavy atom. The molecule has 7 aromatic rings. The number of aryl methyl sites for hydroxylation is 1. The standard InChI is InChI=1S/C22H22N2O5S.C22H25NO5.C21H23NO5/c1-2-28-21(26)22(12-16(22)20(25)24-27)11-14-7-9-15(10-8-14)29-13-19-23-17-5-3-4-6-18(17)30-19;1-21(2,3)28-23-19(24)18-13-22(18,20(25)26)16-9-11-17(12-10-16)27-14-15-7-5-4-6-8-15;1-14-5-3-6-15(11-14)9-10-27-17-8-4-7-16(12-17)21(20(24)26-2)13-18(21)19(23)22-25/h3-10,16,27H,2,11-13H2,1H3,(H,24,25);4-12,18H,13-14H2,1-3H3,(H,23,24)(H,25,26);3-8,11-12,18,25H,9-10,13H2,1-2H3,(H,22,23)/t16-,22+;18-,22-;18-,21-/m100/s1. The number of nitrogens with one attached hydrogen (secondary N) is 3. The first kappa shape index (κ1) is 62.4. The third-order valence-corrected chi connectivity index (χ3v) is 16.1. The Labute approximate surface area is 496 Å². The van der Waals surface area contributed by atoms with Crippen LogP contribution in [0.25, 0.3) is 10.2 Å². The molecule has 1 aromatic heterocycles. The number of benzene rings is 6. The van der Waals surface area contributed by atoms with Crippen molar-refractivity contribution in [1.29, 1.82) is 0 Å². The minimum atomic E-state index is -1.22. The second-order valence-corrected chi connectivity index (χ2v) is 23.2. The summed E-state index contributed by atoms with van der Waals surface area (Å²) in [5.41, 5.74) is 8.43. The number of para-hydroxylation sites is 1. The second-order valence-electron chi connectivity index (χ2n) is 22.1. The number of fused-ring (bicyclic) bond motifs is 1. The third-order valence-electron chi connectivity index (χ3n) is 15.1. The smallest absolute Gasteiger partial charge is 0.317 e. The fourth-order valence-electron chi connectivity index (χ4n) is 10.3. The van der Waals surface area contributed by atoms with E-state index in [4.69, 9.17) is 38.9 Å². The zero-order valence-corrected chi connectivity index (χ0v) is 48.9. The number of methoxy groups -OCH3 is 1. The lowest BCUT2D eigenvalue weighted by Gasteiger charge is -2.20. The Hall–Kier alpha value is -8.69. The number of carbonyl (C=O) groups excluding carboxylic acids is 5. The van der Waals surface area contributed by atoms with Crippen LogP contribution in [0.2, 0.25) is 0 Å². The van der Waals surface area contributed by atoms with Gasteiger partial charge in [-0.2, -0.15) is 0 Å². The van der Waals surface area contributed by atoms with Crippen molar-refractivity contribution in [3.8, 4) is 17.2 Å². The molecule has 3 amide bonds. The third kappa shape index (κ3) is 15.2. The maximum Gasteiger partial charge on any atom is 0.317 e. The summed E-state index contributed by atoms with van der Waals surface area (Å²) in [5.74, 6) is -3.42. The van der Waals surface area contributed by atoms with E-state index in [2.05, 4.69) is 35.6 Å². The van der Waals surface area contributed by atoms with E-state index < -0.39 is 75.2 Å². The Morgan fingerprint density at radius 2 is 1.25 bits per heavy atom. The molecule has 446 valence electrons. The number of ether oxygens (including phenoxy) is 5. The van der Waals surface area contributed by atoms with Crippen molar-refractivity contribution in [2.24, 2.45) is 23.2 Å². The Balaban J connectivity index is 0.000000166. The van der Waals surface area contributed by atoms with Crippen molar-refractivity contribution in [1.82, 2.24) is 21.4 Å². The summed E-state index contributed by atoms with van der Waals surface area (Å²) in [4.78, 5) is 82.6. The fourth-order valence-corrected chi connectivity index (χ4v) is 11.2. The van der Waals surface area contributed by atoms with Gasteiger partial charge in [-0.25, -0.2) is 21.4 Å². The summed E-state index contributed by atoms with van der Waals surface area (Å²) in [5, 5.41) is 28.5. The van der Waals surface area contributed by atoms with E-state index in [0.29, 0.717) is 67.5 Å². The maximum atomic E-state index is 12.4. The van der Waals surface area contributed by atoms with Crippen LogP contribution in [-0.4, -0.2) is 82.1 Å². The van der Waals surface area contributed by atoms with Crippen LogP contribution in [0.15, 0.2) is 152 Å². The first-order chi connectivity index (χ1) is 40.8. The number of aromatic nitrogens is 1. The van der Waals surface area contributed by atoms with Crippen molar-refractivity contribution in [3.63, 3.8) is 0 Å². The number of amides is 3. The van der Waals surface area contributed by atoms with Gasteiger partial charge >= 0.3 is 17.9 Å². The minimum Gasteiger partial charge on any atom is -0.493 e. The highest BCUT2D eigenvalue weighted by atomic mass is 32.1. The first-order valence-corrected chi connectivity index (χ1v) is 28.6. The molecule has 6 N–H and O–H groups in total. The van der Waals surface area contributed by atoms with Gasteiger partial charge in [-0.3, -0.25) is 44.0 Å². The van der Waals surface area contributed by atoms with E-state index >= 15 is 0 Å². The summed E-state index contributed by atoms with van der Waals surface area (Å²) < 4.78 is 28.6. The number of esters is 2. The number of carbonyl (C=O) groups is 6. The number of rotatable bonds is 22. The molecule has 0 radical (unpaired) electrons. The van der Waals surface area contributed by atoms with E-state index in [1.54, 1.807) is 92.5 Å². The van der Waals surface area contributed by atoms with Gasteiger partial charge in [-0.1, -0.05) is 109 Å². The lowest BCUT2D eigenvalue weighted by molar-refractivity contribution is -0.152. The number of thiazole rings is 1. The molecule has 10 rings (SSSR count). The van der Waals surface area contributed by atoms with Gasteiger partial charge in [-0.15, -0.1) is 11.3 Å². The van der Waals surface area contributed by atoms with Gasteiger partial charge in [0.15, 0.2) is 0 Å². The van der Waals surface area contributed by atoms with Crippen LogP contribution < -0.4 is 30.7 Å². The van der Waals surface area contributed by atoms with Crippen molar-refractivity contribution < 1.29 is 72.8 Å². The summed E-state index contributed by atoms with van der Waals surface area (Å²) >= 11 is 1.60. The summed E-state index contributed by atoms with van der Waals surface area (Å²) in [6.45, 7) is 10.7. The molecule has 6 atom stereocenters. The van der Waals surface area contributed by atoms with Crippen LogP contribution >= 0.6 is 11.3 Å². The largest absolute Gasteiger partial charge is 0.493 e. The predicted molar refractivity (Wildman–Crippen MR) is 313 cm³/mol. The fraction of sp³-hybridized carbons (Fsp3) is 0.338. The average Bonchev–Trinajstić information content (AvgIpc) is 2.16. The van der Waals surface area contributed by atoms with E-state index in [1.165, 1.54) is 18.2 Å². The Morgan fingerprint density at radius 1 is 0.624 bits per heavy atom. The molecule has 0 saturated heterocycles. The van der Waals surface area contributed by atoms with E-state index in [1.807, 2.05) is 91.0 Å². The highest BCUT2D eigenvalue weighted by molar-refractivity contribution is 7.18. The number of hydroxylamine groups is 3. The molecule has 0 bridgehead atoms. The number of nitrogens with zero attached hydrogens (tertiary/aromatic N) is 1. The number of carboxylic acids is 1. The summed E-state index contributed by atoms with van der Waals surface area (Å²) in [6, 6.07) is 47.5. The Bertz CT molecular complexity index is 3450. The number of carboxylic acid groups (broad SMARTS) is 1. The molecular formula is C65H70N4O15S. The molecule has 3 aliphatic carbocycles. The zero-order chi connectivity index (χ0) is 60.9. The minimum absolute atomic E-state index is 0.242. The molecular weight excluding hydrogens is 1110 g/mol. The van der Waals surface area contributed by atoms with Crippen molar-refractivity contribution in [2.75, 3.05) is 20.3 Å². The van der Waals surface area contributed by atoms with E-state index in [9.17, 15) is 33.9 Å². The highest BCUT2D eigenvalue weighted by Gasteiger charge is 2.67. The average molecular weight is 1180 g/mol. The van der Waals surface area contributed by atoms with Gasteiger partial charge in [0.2, 0.25) is 17.7 Å². The van der Waals surface area contributed by atoms with Crippen LogP contribution in [-0.2, 0) is 80.0 Å². The maximum absolute atomic E-state index is 12.4. The molecule has 85 heavy (non-hydrogen) atoms. The second kappa shape index (κ2) is 27.3.